The molecule has 128 valence electrons. The summed E-state index contributed by atoms with van der Waals surface area (Å²) >= 11 is 0. The fourth-order valence-electron chi connectivity index (χ4n) is 4.01. The predicted molar refractivity (Wildman–Crippen MR) is 92.8 cm³/mol. The number of hydrogen-bond donors (Lipinski definition) is 0. The van der Waals surface area contributed by atoms with Crippen molar-refractivity contribution >= 4 is 5.78 Å². The molecule has 0 N–H and O–H groups in total. The van der Waals surface area contributed by atoms with E-state index in [0.29, 0.717) is 17.6 Å². The Bertz CT molecular complexity index is 337. The van der Waals surface area contributed by atoms with E-state index >= 15 is 0 Å². The molecule has 2 fully saturated rings. The highest BCUT2D eigenvalue weighted by Gasteiger charge is 2.27. The van der Waals surface area contributed by atoms with Gasteiger partial charge >= 0.3 is 0 Å². The molecule has 0 amide bonds. The summed E-state index contributed by atoms with van der Waals surface area (Å²) in [5.41, 5.74) is 0. The molecule has 0 aromatic heterocycles. The zero-order valence-electron chi connectivity index (χ0n) is 15.2. The number of rotatable bonds is 6. The van der Waals surface area contributed by atoms with E-state index in [1.807, 2.05) is 0 Å². The Morgan fingerprint density at radius 2 is 1.41 bits per heavy atom. The summed E-state index contributed by atoms with van der Waals surface area (Å²) in [5, 5.41) is 0. The molecule has 2 aliphatic rings. The smallest absolute Gasteiger partial charge is 0.136 e. The minimum absolute atomic E-state index is 0.338. The van der Waals surface area contributed by atoms with Crippen LogP contribution in [0.2, 0.25) is 0 Å². The number of likely N-dealkylation sites (tertiary alicyclic amines) is 2. The monoisotopic (exact) mass is 308 g/mol. The maximum Gasteiger partial charge on any atom is 0.136 e. The molecular weight excluding hydrogens is 272 g/mol. The van der Waals surface area contributed by atoms with Gasteiger partial charge in [0, 0.05) is 25.4 Å². The molecule has 22 heavy (non-hydrogen) atoms. The second-order valence-corrected chi connectivity index (χ2v) is 8.30. The van der Waals surface area contributed by atoms with Gasteiger partial charge in [-0.3, -0.25) is 14.6 Å². The van der Waals surface area contributed by atoms with Crippen LogP contribution in [0.25, 0.3) is 0 Å². The lowest BCUT2D eigenvalue weighted by Gasteiger charge is -2.39. The molecule has 3 heteroatoms. The van der Waals surface area contributed by atoms with Crippen LogP contribution in [-0.2, 0) is 4.79 Å². The lowest BCUT2D eigenvalue weighted by molar-refractivity contribution is -0.125. The number of piperidine rings is 2. The Kier molecular flexibility index (Phi) is 6.88. The molecule has 0 spiro atoms. The fraction of sp³-hybridized carbons (Fsp3) is 0.947. The Morgan fingerprint density at radius 1 is 0.909 bits per heavy atom. The summed E-state index contributed by atoms with van der Waals surface area (Å²) in [6, 6.07) is 0. The number of nitrogens with zero attached hydrogens (tertiary/aromatic N) is 2. The summed E-state index contributed by atoms with van der Waals surface area (Å²) in [6.45, 7) is 14.9. The lowest BCUT2D eigenvalue weighted by Crippen LogP contribution is -2.46. The van der Waals surface area contributed by atoms with Crippen LogP contribution in [0, 0.1) is 23.7 Å². The first-order valence-corrected chi connectivity index (χ1v) is 9.43. The van der Waals surface area contributed by atoms with Crippen molar-refractivity contribution < 1.29 is 4.79 Å². The fourth-order valence-corrected chi connectivity index (χ4v) is 4.01. The van der Waals surface area contributed by atoms with Gasteiger partial charge in [0.05, 0.1) is 6.67 Å². The molecular formula is C19H36N2O. The van der Waals surface area contributed by atoms with Crippen molar-refractivity contribution in [3.63, 3.8) is 0 Å². The molecule has 2 heterocycles. The van der Waals surface area contributed by atoms with E-state index in [1.54, 1.807) is 0 Å². The van der Waals surface area contributed by atoms with Crippen molar-refractivity contribution in [1.29, 1.82) is 0 Å². The van der Waals surface area contributed by atoms with Crippen molar-refractivity contribution in [2.24, 2.45) is 23.7 Å². The molecule has 0 aromatic carbocycles. The van der Waals surface area contributed by atoms with Crippen LogP contribution in [0.4, 0.5) is 0 Å². The topological polar surface area (TPSA) is 23.6 Å². The predicted octanol–water partition coefficient (Wildman–Crippen LogP) is 3.64. The van der Waals surface area contributed by atoms with E-state index in [-0.39, 0.29) is 0 Å². The third-order valence-electron chi connectivity index (χ3n) is 5.63. The Labute approximate surface area is 137 Å². The molecule has 0 radical (unpaired) electrons. The average molecular weight is 309 g/mol. The van der Waals surface area contributed by atoms with E-state index in [0.717, 1.165) is 50.9 Å². The zero-order chi connectivity index (χ0) is 16.1. The highest BCUT2D eigenvalue weighted by atomic mass is 16.1. The Morgan fingerprint density at radius 3 is 1.86 bits per heavy atom. The van der Waals surface area contributed by atoms with Crippen molar-refractivity contribution in [3.8, 4) is 0 Å². The molecule has 2 aliphatic heterocycles. The first kappa shape index (κ1) is 17.9. The van der Waals surface area contributed by atoms with Crippen LogP contribution < -0.4 is 0 Å². The van der Waals surface area contributed by atoms with E-state index in [2.05, 4.69) is 37.5 Å². The van der Waals surface area contributed by atoms with Crippen LogP contribution in [-0.4, -0.2) is 48.4 Å². The minimum Gasteiger partial charge on any atom is -0.299 e. The van der Waals surface area contributed by atoms with Crippen LogP contribution >= 0.6 is 0 Å². The van der Waals surface area contributed by atoms with Gasteiger partial charge < -0.3 is 0 Å². The van der Waals surface area contributed by atoms with Gasteiger partial charge in [-0.2, -0.15) is 0 Å². The van der Waals surface area contributed by atoms with Gasteiger partial charge in [-0.25, -0.2) is 0 Å². The number of ketones is 1. The summed E-state index contributed by atoms with van der Waals surface area (Å²) < 4.78 is 0. The van der Waals surface area contributed by atoms with Gasteiger partial charge in [0.25, 0.3) is 0 Å². The highest BCUT2D eigenvalue weighted by molar-refractivity contribution is 5.81. The lowest BCUT2D eigenvalue weighted by atomic mass is 9.86. The molecule has 0 unspecified atom stereocenters. The number of carbonyl (C=O) groups excluding carboxylic acids is 1. The quantitative estimate of drug-likeness (QED) is 0.748. The summed E-state index contributed by atoms with van der Waals surface area (Å²) in [6.07, 6.45) is 5.65. The van der Waals surface area contributed by atoms with Crippen LogP contribution in [0.15, 0.2) is 0 Å². The molecule has 0 aliphatic carbocycles. The first-order chi connectivity index (χ1) is 10.5. The first-order valence-electron chi connectivity index (χ1n) is 9.43. The normalized spacial score (nSPS) is 23.5. The van der Waals surface area contributed by atoms with Crippen molar-refractivity contribution in [2.75, 3.05) is 32.8 Å². The zero-order valence-corrected chi connectivity index (χ0v) is 15.2. The largest absolute Gasteiger partial charge is 0.299 e. The summed E-state index contributed by atoms with van der Waals surface area (Å²) in [5.74, 6) is 3.12. The van der Waals surface area contributed by atoms with E-state index in [1.165, 1.54) is 25.9 Å². The van der Waals surface area contributed by atoms with E-state index < -0.39 is 0 Å². The molecule has 0 saturated carbocycles. The minimum atomic E-state index is 0.338. The maximum atomic E-state index is 12.2. The molecule has 2 rings (SSSR count). The van der Waals surface area contributed by atoms with Crippen LogP contribution in [0.3, 0.4) is 0 Å². The van der Waals surface area contributed by atoms with Crippen molar-refractivity contribution in [3.05, 3.63) is 0 Å². The highest BCUT2D eigenvalue weighted by Crippen LogP contribution is 2.26. The van der Waals surface area contributed by atoms with Crippen molar-refractivity contribution in [2.45, 2.75) is 59.8 Å². The third kappa shape index (κ3) is 5.34. The molecule has 2 saturated heterocycles. The van der Waals surface area contributed by atoms with Crippen LogP contribution in [0.5, 0.6) is 0 Å². The van der Waals surface area contributed by atoms with Gasteiger partial charge in [-0.1, -0.05) is 27.7 Å². The Hall–Kier alpha value is -0.410. The maximum absolute atomic E-state index is 12.2. The molecule has 3 nitrogen and oxygen atoms in total. The number of Topliss-reactive ketones (excluding diaryl/α,β-unsaturated/α-hetero) is 1. The van der Waals surface area contributed by atoms with Gasteiger partial charge in [0.1, 0.15) is 5.78 Å². The molecule has 0 atom stereocenters. The second-order valence-electron chi connectivity index (χ2n) is 8.30. The van der Waals surface area contributed by atoms with Crippen LogP contribution in [0.1, 0.15) is 59.8 Å². The van der Waals surface area contributed by atoms with E-state index in [4.69, 9.17) is 0 Å². The Balaban J connectivity index is 1.67. The summed E-state index contributed by atoms with van der Waals surface area (Å²) in [4.78, 5) is 17.4. The van der Waals surface area contributed by atoms with Gasteiger partial charge in [-0.05, 0) is 56.5 Å². The average Bonchev–Trinajstić information content (AvgIpc) is 2.48. The molecule has 0 bridgehead atoms. The van der Waals surface area contributed by atoms with Crippen molar-refractivity contribution in [1.82, 2.24) is 9.80 Å². The standard InChI is InChI=1S/C19H36N2O/c1-15(2)13-19(22)18-7-11-21(12-8-18)14-20-9-5-17(6-10-20)16(3)4/h15-18H,5-14H2,1-4H3. The second kappa shape index (κ2) is 8.44. The summed E-state index contributed by atoms with van der Waals surface area (Å²) in [7, 11) is 0. The van der Waals surface area contributed by atoms with E-state index in [9.17, 15) is 4.79 Å². The number of carbonyl (C=O) groups is 1. The SMILES string of the molecule is CC(C)CC(=O)C1CCN(CN2CCC(C(C)C)CC2)CC1. The third-order valence-corrected chi connectivity index (χ3v) is 5.63. The van der Waals surface area contributed by atoms with Gasteiger partial charge in [0.15, 0.2) is 0 Å². The van der Waals surface area contributed by atoms with Gasteiger partial charge in [-0.15, -0.1) is 0 Å². The molecule has 0 aromatic rings. The number of hydrogen-bond acceptors (Lipinski definition) is 3. The van der Waals surface area contributed by atoms with Gasteiger partial charge in [0.2, 0.25) is 0 Å².